The molecule has 4 amide bonds. The Bertz CT molecular complexity index is 2570. The molecule has 3 saturated heterocycles. The number of benzene rings is 3. The molecule has 0 spiro atoms. The molecule has 0 saturated carbocycles. The fraction of sp³-hybridized carbons (Fsp3) is 0.490. The van der Waals surface area contributed by atoms with Gasteiger partial charge >= 0.3 is 12.2 Å². The zero-order valence-corrected chi connectivity index (χ0v) is 40.3. The van der Waals surface area contributed by atoms with Gasteiger partial charge in [-0.3, -0.25) is 9.59 Å². The minimum absolute atomic E-state index is 0.0125. The van der Waals surface area contributed by atoms with Crippen molar-refractivity contribution in [2.75, 3.05) is 25.1 Å². The number of alkyl carbamates (subject to hydrolysis) is 1. The van der Waals surface area contributed by atoms with Gasteiger partial charge in [0.2, 0.25) is 11.8 Å². The van der Waals surface area contributed by atoms with Crippen LogP contribution in [0.3, 0.4) is 0 Å². The van der Waals surface area contributed by atoms with Gasteiger partial charge in [-0.25, -0.2) is 9.59 Å². The number of rotatable bonds is 13. The lowest BCUT2D eigenvalue weighted by molar-refractivity contribution is -0.136. The van der Waals surface area contributed by atoms with Gasteiger partial charge in [0.15, 0.2) is 23.3 Å². The van der Waals surface area contributed by atoms with E-state index in [4.69, 9.17) is 4.74 Å². The van der Waals surface area contributed by atoms with E-state index in [1.165, 1.54) is 23.8 Å². The molecule has 3 aliphatic rings. The van der Waals surface area contributed by atoms with Crippen LogP contribution in [0.25, 0.3) is 22.8 Å². The highest BCUT2D eigenvalue weighted by atomic mass is 16.5. The topological polar surface area (TPSA) is 215 Å². The average Bonchev–Trinajstić information content (AvgIpc) is 4.18. The van der Waals surface area contributed by atoms with Crippen LogP contribution in [0.5, 0.6) is 0 Å². The molecule has 0 aliphatic carbocycles. The third kappa shape index (κ3) is 9.92. The number of methoxy groups -OCH3 is 1. The van der Waals surface area contributed by atoms with Gasteiger partial charge in [-0.05, 0) is 84.6 Å². The minimum atomic E-state index is -1.22. The quantitative estimate of drug-likeness (QED) is 0.0753. The maximum Gasteiger partial charge on any atom is 0.407 e. The summed E-state index contributed by atoms with van der Waals surface area (Å²) < 4.78 is 4.79. The summed E-state index contributed by atoms with van der Waals surface area (Å²) in [7, 11) is 1.29. The third-order valence-corrected chi connectivity index (χ3v) is 13.9. The summed E-state index contributed by atoms with van der Waals surface area (Å²) >= 11 is 0. The number of nitrogens with zero attached hydrogens (tertiary/aromatic N) is 7. The second-order valence-corrected chi connectivity index (χ2v) is 20.1. The SMILES string of the molecule is COC(=O)N[C@H](C(=O)N1CCC[C@H]1c1nnc(-c2ccc([C@@H]3CC[C@@H](c4ccc(-c5nnc([C@@H]6CCCN6C(=O)[C@@H](NC(=O)O)C(C)C)[nH]5)cc4)N3c3ccc(C(C)(C)C)cc3)cc2)[nH]1)C(C)C. The van der Waals surface area contributed by atoms with Crippen LogP contribution in [0.15, 0.2) is 72.8 Å². The monoisotopic (exact) mass is 928 g/mol. The lowest BCUT2D eigenvalue weighted by Crippen LogP contribution is -2.51. The van der Waals surface area contributed by atoms with Crippen molar-refractivity contribution in [1.29, 1.82) is 0 Å². The van der Waals surface area contributed by atoms with Gasteiger partial charge in [0.25, 0.3) is 0 Å². The molecule has 17 heteroatoms. The van der Waals surface area contributed by atoms with E-state index in [1.807, 2.05) is 27.7 Å². The normalized spacial score (nSPS) is 20.5. The first kappa shape index (κ1) is 47.7. The zero-order valence-electron chi connectivity index (χ0n) is 40.3. The van der Waals surface area contributed by atoms with E-state index in [2.05, 4.69) is 139 Å². The number of hydrogen-bond acceptors (Lipinski definition) is 10. The van der Waals surface area contributed by atoms with Gasteiger partial charge in [-0.15, -0.1) is 20.4 Å². The van der Waals surface area contributed by atoms with Crippen molar-refractivity contribution < 1.29 is 29.0 Å². The molecule has 3 aromatic carbocycles. The van der Waals surface area contributed by atoms with Crippen LogP contribution in [-0.4, -0.2) is 102 Å². The van der Waals surface area contributed by atoms with E-state index in [-0.39, 0.29) is 53.2 Å². The standard InChI is InChI=1S/C51H65N11O6/c1-29(2)41(52-49(65)66)47(63)60-27-9-11-39(60)45-54-43(56-58-45)33-17-13-31(14-18-33)37-25-26-38(62(37)36-23-21-35(22-24-36)51(5,6)7)32-15-19-34(20-16-32)44-55-46(59-57-44)40-12-10-28-61(40)48(64)42(30(3)4)53-50(67)68-8/h13-24,29-30,37-42,52H,9-12,25-28H2,1-8H3,(H,53,67)(H,65,66)(H,54,56,58)(H,55,57,59)/t37-,38-,39-,40-,41-,42-/m0/s1. The number of amides is 4. The Morgan fingerprint density at radius 1 is 0.632 bits per heavy atom. The van der Waals surface area contributed by atoms with Crippen LogP contribution < -0.4 is 15.5 Å². The molecular formula is C51H65N11O6. The summed E-state index contributed by atoms with van der Waals surface area (Å²) in [5.41, 5.74) is 6.55. The fourth-order valence-corrected chi connectivity index (χ4v) is 10.1. The van der Waals surface area contributed by atoms with E-state index in [0.29, 0.717) is 42.8 Å². The molecule has 17 nitrogen and oxygen atoms in total. The summed E-state index contributed by atoms with van der Waals surface area (Å²) in [5.74, 6) is 1.67. The van der Waals surface area contributed by atoms with Gasteiger partial charge < -0.3 is 45.1 Å². The van der Waals surface area contributed by atoms with Crippen LogP contribution in [0.1, 0.15) is 139 Å². The van der Waals surface area contributed by atoms with Crippen molar-refractivity contribution in [1.82, 2.24) is 50.8 Å². The van der Waals surface area contributed by atoms with E-state index in [1.54, 1.807) is 9.80 Å². The molecule has 0 unspecified atom stereocenters. The lowest BCUT2D eigenvalue weighted by atomic mass is 9.87. The first-order chi connectivity index (χ1) is 32.5. The van der Waals surface area contributed by atoms with Crippen molar-refractivity contribution in [2.24, 2.45) is 11.8 Å². The molecule has 2 aromatic heterocycles. The Labute approximate surface area is 397 Å². The number of likely N-dealkylation sites (tertiary alicyclic amines) is 2. The van der Waals surface area contributed by atoms with Crippen molar-refractivity contribution in [3.8, 4) is 22.8 Å². The van der Waals surface area contributed by atoms with Crippen LogP contribution in [-0.2, 0) is 19.7 Å². The Balaban J connectivity index is 1.00. The van der Waals surface area contributed by atoms with Gasteiger partial charge in [0.1, 0.15) is 12.1 Å². The second-order valence-electron chi connectivity index (χ2n) is 20.1. The third-order valence-electron chi connectivity index (χ3n) is 13.9. The number of carbonyl (C=O) groups excluding carboxylic acids is 3. The Morgan fingerprint density at radius 3 is 1.47 bits per heavy atom. The number of aromatic nitrogens is 6. The molecule has 3 aliphatic heterocycles. The van der Waals surface area contributed by atoms with Crippen molar-refractivity contribution in [2.45, 2.75) is 129 Å². The lowest BCUT2D eigenvalue weighted by Gasteiger charge is -2.34. The number of nitrogens with one attached hydrogen (secondary N) is 4. The number of H-pyrrole nitrogens is 2. The van der Waals surface area contributed by atoms with E-state index in [0.717, 1.165) is 48.9 Å². The predicted molar refractivity (Wildman–Crippen MR) is 257 cm³/mol. The van der Waals surface area contributed by atoms with Gasteiger partial charge in [-0.1, -0.05) is 109 Å². The van der Waals surface area contributed by atoms with E-state index in [9.17, 15) is 24.3 Å². The largest absolute Gasteiger partial charge is 0.465 e. The van der Waals surface area contributed by atoms with Crippen LogP contribution >= 0.6 is 0 Å². The predicted octanol–water partition coefficient (Wildman–Crippen LogP) is 8.64. The molecule has 0 bridgehead atoms. The molecule has 5 aromatic rings. The summed E-state index contributed by atoms with van der Waals surface area (Å²) in [6.07, 6.45) is 3.06. The maximum absolute atomic E-state index is 13.7. The van der Waals surface area contributed by atoms with Gasteiger partial charge in [0.05, 0.1) is 31.3 Å². The highest BCUT2D eigenvalue weighted by Gasteiger charge is 2.40. The summed E-state index contributed by atoms with van der Waals surface area (Å²) in [5, 5.41) is 32.5. The highest BCUT2D eigenvalue weighted by Crippen LogP contribution is 2.48. The Kier molecular flexibility index (Phi) is 13.9. The van der Waals surface area contributed by atoms with Crippen LogP contribution in [0.4, 0.5) is 15.3 Å². The van der Waals surface area contributed by atoms with Crippen LogP contribution in [0.2, 0.25) is 0 Å². The summed E-state index contributed by atoms with van der Waals surface area (Å²) in [6, 6.07) is 24.0. The van der Waals surface area contributed by atoms with Gasteiger partial charge in [-0.2, -0.15) is 0 Å². The van der Waals surface area contributed by atoms with Gasteiger partial charge in [0, 0.05) is 29.9 Å². The number of anilines is 1. The average molecular weight is 928 g/mol. The summed E-state index contributed by atoms with van der Waals surface area (Å²) in [6.45, 7) is 15.2. The Morgan fingerprint density at radius 2 is 1.07 bits per heavy atom. The number of ether oxygens (including phenoxy) is 1. The van der Waals surface area contributed by atoms with E-state index < -0.39 is 24.3 Å². The molecular weight excluding hydrogens is 863 g/mol. The minimum Gasteiger partial charge on any atom is -0.465 e. The highest BCUT2D eigenvalue weighted by molar-refractivity contribution is 5.87. The second kappa shape index (κ2) is 19.8. The molecule has 5 heterocycles. The van der Waals surface area contributed by atoms with Crippen molar-refractivity contribution in [3.63, 3.8) is 0 Å². The Hall–Kier alpha value is -6.78. The molecule has 0 radical (unpaired) electrons. The van der Waals surface area contributed by atoms with E-state index >= 15 is 0 Å². The molecule has 6 atom stereocenters. The first-order valence-electron chi connectivity index (χ1n) is 23.9. The number of hydrogen-bond donors (Lipinski definition) is 5. The smallest absolute Gasteiger partial charge is 0.407 e. The van der Waals surface area contributed by atoms with Crippen molar-refractivity contribution in [3.05, 3.63) is 101 Å². The zero-order chi connectivity index (χ0) is 48.4. The maximum atomic E-state index is 13.7. The molecule has 68 heavy (non-hydrogen) atoms. The molecule has 8 rings (SSSR count). The fourth-order valence-electron chi connectivity index (χ4n) is 10.1. The van der Waals surface area contributed by atoms with Crippen LogP contribution in [0, 0.1) is 11.8 Å². The molecule has 5 N–H and O–H groups in total. The number of carbonyl (C=O) groups is 4. The first-order valence-corrected chi connectivity index (χ1v) is 23.9. The molecule has 3 fully saturated rings. The number of carboxylic acid groups (broad SMARTS) is 1. The number of aromatic amines is 2. The van der Waals surface area contributed by atoms with Crippen molar-refractivity contribution >= 4 is 29.7 Å². The molecule has 360 valence electrons. The summed E-state index contributed by atoms with van der Waals surface area (Å²) in [4.78, 5) is 63.7.